The molecule has 0 unspecified atom stereocenters. The second-order valence-corrected chi connectivity index (χ2v) is 4.74. The molecule has 0 radical (unpaired) electrons. The van der Waals surface area contributed by atoms with Crippen molar-refractivity contribution in [1.82, 2.24) is 0 Å². The number of methoxy groups -OCH3 is 1. The van der Waals surface area contributed by atoms with E-state index in [0.29, 0.717) is 11.3 Å². The molecule has 2 rings (SSSR count). The first-order chi connectivity index (χ1) is 10.0. The summed E-state index contributed by atoms with van der Waals surface area (Å²) >= 11 is 0. The monoisotopic (exact) mass is 284 g/mol. The average molecular weight is 284 g/mol. The molecule has 0 fully saturated rings. The first kappa shape index (κ1) is 14.8. The molecule has 0 saturated heterocycles. The van der Waals surface area contributed by atoms with Crippen LogP contribution in [0.15, 0.2) is 42.5 Å². The van der Waals surface area contributed by atoms with Gasteiger partial charge in [0, 0.05) is 0 Å². The Morgan fingerprint density at radius 1 is 1.10 bits per heavy atom. The molecule has 108 valence electrons. The van der Waals surface area contributed by atoms with Gasteiger partial charge in [0.2, 0.25) is 0 Å². The summed E-state index contributed by atoms with van der Waals surface area (Å²) in [6, 6.07) is 12.7. The third kappa shape index (κ3) is 3.48. The lowest BCUT2D eigenvalue weighted by Crippen LogP contribution is -2.00. The summed E-state index contributed by atoms with van der Waals surface area (Å²) in [5.74, 6) is -0.408. The van der Waals surface area contributed by atoms with Gasteiger partial charge in [0.25, 0.3) is 0 Å². The van der Waals surface area contributed by atoms with Gasteiger partial charge in [-0.1, -0.05) is 30.3 Å². The lowest BCUT2D eigenvalue weighted by Gasteiger charge is -2.09. The number of carbonyl (C=O) groups is 2. The molecule has 0 amide bonds. The van der Waals surface area contributed by atoms with Crippen LogP contribution < -0.4 is 4.74 Å². The Kier molecular flexibility index (Phi) is 4.38. The second-order valence-electron chi connectivity index (χ2n) is 4.74. The van der Waals surface area contributed by atoms with Crippen molar-refractivity contribution in [1.29, 1.82) is 0 Å². The fraction of sp³-hybridized carbons (Fsp3) is 0.176. The van der Waals surface area contributed by atoms with Crippen LogP contribution in [-0.4, -0.2) is 24.0 Å². The lowest BCUT2D eigenvalue weighted by atomic mass is 9.98. The highest BCUT2D eigenvalue weighted by Crippen LogP contribution is 2.27. The number of carboxylic acids is 1. The molecular weight excluding hydrogens is 268 g/mol. The zero-order chi connectivity index (χ0) is 15.4. The summed E-state index contributed by atoms with van der Waals surface area (Å²) in [6.45, 7) is 1.49. The quantitative estimate of drug-likeness (QED) is 0.856. The fourth-order valence-electron chi connectivity index (χ4n) is 2.20. The van der Waals surface area contributed by atoms with Gasteiger partial charge < -0.3 is 9.84 Å². The Bertz CT molecular complexity index is 689. The van der Waals surface area contributed by atoms with Crippen molar-refractivity contribution >= 4 is 11.8 Å². The van der Waals surface area contributed by atoms with Gasteiger partial charge in [-0.05, 0) is 35.7 Å². The topological polar surface area (TPSA) is 63.6 Å². The first-order valence-corrected chi connectivity index (χ1v) is 6.51. The van der Waals surface area contributed by atoms with Crippen molar-refractivity contribution in [3.63, 3.8) is 0 Å². The maximum atomic E-state index is 11.7. The molecule has 0 spiro atoms. The molecule has 0 aliphatic heterocycles. The molecule has 4 heteroatoms. The van der Waals surface area contributed by atoms with Crippen LogP contribution in [0.3, 0.4) is 0 Å². The maximum absolute atomic E-state index is 11.7. The number of rotatable bonds is 5. The van der Waals surface area contributed by atoms with Crippen LogP contribution in [0.4, 0.5) is 0 Å². The molecule has 2 aromatic rings. The van der Waals surface area contributed by atoms with Gasteiger partial charge in [0.1, 0.15) is 5.75 Å². The fourth-order valence-corrected chi connectivity index (χ4v) is 2.20. The van der Waals surface area contributed by atoms with Gasteiger partial charge in [0.05, 0.1) is 19.1 Å². The standard InChI is InChI=1S/C17H16O4/c1-11(18)15-10-14(6-7-16(15)21-2)13-5-3-4-12(8-13)9-17(19)20/h3-8,10H,9H2,1-2H3,(H,19,20). The van der Waals surface area contributed by atoms with Crippen molar-refractivity contribution < 1.29 is 19.4 Å². The third-order valence-electron chi connectivity index (χ3n) is 3.19. The van der Waals surface area contributed by atoms with Crippen molar-refractivity contribution in [3.8, 4) is 16.9 Å². The van der Waals surface area contributed by atoms with E-state index in [1.54, 1.807) is 18.2 Å². The largest absolute Gasteiger partial charge is 0.496 e. The minimum atomic E-state index is -0.869. The number of benzene rings is 2. The Hall–Kier alpha value is -2.62. The van der Waals surface area contributed by atoms with Crippen molar-refractivity contribution in [2.24, 2.45) is 0 Å². The number of hydrogen-bond donors (Lipinski definition) is 1. The molecule has 0 aliphatic rings. The average Bonchev–Trinajstić information content (AvgIpc) is 2.46. The Balaban J connectivity index is 2.44. The van der Waals surface area contributed by atoms with Crippen LogP contribution in [0.2, 0.25) is 0 Å². The smallest absolute Gasteiger partial charge is 0.307 e. The van der Waals surface area contributed by atoms with E-state index in [4.69, 9.17) is 9.84 Å². The Morgan fingerprint density at radius 2 is 1.81 bits per heavy atom. The highest BCUT2D eigenvalue weighted by atomic mass is 16.5. The minimum absolute atomic E-state index is 0.0242. The Labute approximate surface area is 123 Å². The molecule has 0 bridgehead atoms. The van der Waals surface area contributed by atoms with Gasteiger partial charge in [-0.3, -0.25) is 9.59 Å². The predicted molar refractivity (Wildman–Crippen MR) is 79.8 cm³/mol. The van der Waals surface area contributed by atoms with E-state index >= 15 is 0 Å². The zero-order valence-corrected chi connectivity index (χ0v) is 11.9. The molecule has 4 nitrogen and oxygen atoms in total. The van der Waals surface area contributed by atoms with Gasteiger partial charge >= 0.3 is 5.97 Å². The Morgan fingerprint density at radius 3 is 2.43 bits per heavy atom. The van der Waals surface area contributed by atoms with Crippen LogP contribution in [0.5, 0.6) is 5.75 Å². The maximum Gasteiger partial charge on any atom is 0.307 e. The summed E-state index contributed by atoms with van der Waals surface area (Å²) in [4.78, 5) is 22.4. The number of hydrogen-bond acceptors (Lipinski definition) is 3. The third-order valence-corrected chi connectivity index (χ3v) is 3.19. The number of ether oxygens (including phenoxy) is 1. The van der Waals surface area contributed by atoms with Crippen molar-refractivity contribution in [2.45, 2.75) is 13.3 Å². The second kappa shape index (κ2) is 6.22. The van der Waals surface area contributed by atoms with E-state index in [1.807, 2.05) is 24.3 Å². The number of ketones is 1. The van der Waals surface area contributed by atoms with Crippen LogP contribution in [-0.2, 0) is 11.2 Å². The summed E-state index contributed by atoms with van der Waals surface area (Å²) in [5.41, 5.74) is 2.96. The molecule has 0 atom stereocenters. The van der Waals surface area contributed by atoms with E-state index in [1.165, 1.54) is 14.0 Å². The normalized spacial score (nSPS) is 10.2. The van der Waals surface area contributed by atoms with Crippen LogP contribution in [0.1, 0.15) is 22.8 Å². The highest BCUT2D eigenvalue weighted by molar-refractivity contribution is 5.98. The van der Waals surface area contributed by atoms with Gasteiger partial charge in [0.15, 0.2) is 5.78 Å². The molecule has 21 heavy (non-hydrogen) atoms. The summed E-state index contributed by atoms with van der Waals surface area (Å²) in [6.07, 6.45) is -0.0242. The molecule has 0 aromatic heterocycles. The minimum Gasteiger partial charge on any atom is -0.496 e. The van der Waals surface area contributed by atoms with Gasteiger partial charge in [-0.25, -0.2) is 0 Å². The molecule has 0 aliphatic carbocycles. The first-order valence-electron chi connectivity index (χ1n) is 6.51. The van der Waals surface area contributed by atoms with E-state index in [2.05, 4.69) is 0 Å². The summed E-state index contributed by atoms with van der Waals surface area (Å²) in [7, 11) is 1.52. The molecule has 0 saturated carbocycles. The van der Waals surface area contributed by atoms with Gasteiger partial charge in [-0.15, -0.1) is 0 Å². The number of carbonyl (C=O) groups excluding carboxylic acids is 1. The number of carboxylic acid groups (broad SMARTS) is 1. The summed E-state index contributed by atoms with van der Waals surface area (Å²) < 4.78 is 5.18. The van der Waals surface area contributed by atoms with E-state index in [0.717, 1.165) is 16.7 Å². The molecular formula is C17H16O4. The van der Waals surface area contributed by atoms with Crippen molar-refractivity contribution in [3.05, 3.63) is 53.6 Å². The van der Waals surface area contributed by atoms with E-state index in [9.17, 15) is 9.59 Å². The van der Waals surface area contributed by atoms with E-state index < -0.39 is 5.97 Å². The summed E-state index contributed by atoms with van der Waals surface area (Å²) in [5, 5.41) is 8.85. The van der Waals surface area contributed by atoms with Crippen LogP contribution in [0, 0.1) is 0 Å². The molecule has 0 heterocycles. The van der Waals surface area contributed by atoms with E-state index in [-0.39, 0.29) is 12.2 Å². The number of Topliss-reactive ketones (excluding diaryl/α,β-unsaturated/α-hetero) is 1. The predicted octanol–water partition coefficient (Wildman–Crippen LogP) is 3.19. The van der Waals surface area contributed by atoms with Crippen molar-refractivity contribution in [2.75, 3.05) is 7.11 Å². The number of aliphatic carboxylic acids is 1. The molecule has 2 aromatic carbocycles. The van der Waals surface area contributed by atoms with Gasteiger partial charge in [-0.2, -0.15) is 0 Å². The lowest BCUT2D eigenvalue weighted by molar-refractivity contribution is -0.136. The zero-order valence-electron chi connectivity index (χ0n) is 11.9. The molecule has 1 N–H and O–H groups in total. The van der Waals surface area contributed by atoms with Crippen LogP contribution in [0.25, 0.3) is 11.1 Å². The SMILES string of the molecule is COc1ccc(-c2cccc(CC(=O)O)c2)cc1C(C)=O. The highest BCUT2D eigenvalue weighted by Gasteiger charge is 2.10. The van der Waals surface area contributed by atoms with Crippen LogP contribution >= 0.6 is 0 Å².